The predicted molar refractivity (Wildman–Crippen MR) is 62.7 cm³/mol. The summed E-state index contributed by atoms with van der Waals surface area (Å²) in [6.45, 7) is 1.69. The van der Waals surface area contributed by atoms with E-state index in [4.69, 9.17) is 5.11 Å². The maximum absolute atomic E-state index is 12.2. The Morgan fingerprint density at radius 1 is 1.29 bits per heavy atom. The van der Waals surface area contributed by atoms with Crippen LogP contribution in [0.4, 0.5) is 0 Å². The number of aliphatic hydroxyl groups excluding tert-OH is 1. The van der Waals surface area contributed by atoms with E-state index >= 15 is 0 Å². The van der Waals surface area contributed by atoms with Gasteiger partial charge in [-0.1, -0.05) is 18.2 Å². The van der Waals surface area contributed by atoms with Gasteiger partial charge in [0.2, 0.25) is 0 Å². The predicted octanol–water partition coefficient (Wildman–Crippen LogP) is 0.484. The fourth-order valence-electron chi connectivity index (χ4n) is 2.27. The molecular weight excluding hydrogens is 218 g/mol. The lowest BCUT2D eigenvalue weighted by molar-refractivity contribution is 0.0664. The monoisotopic (exact) mass is 231 g/mol. The second kappa shape index (κ2) is 3.85. The molecule has 5 nitrogen and oxygen atoms in total. The molecule has 0 spiro atoms. The highest BCUT2D eigenvalue weighted by atomic mass is 16.3. The highest BCUT2D eigenvalue weighted by Gasteiger charge is 2.27. The van der Waals surface area contributed by atoms with Crippen LogP contribution in [0.15, 0.2) is 24.3 Å². The Morgan fingerprint density at radius 2 is 2.12 bits per heavy atom. The molecule has 0 saturated heterocycles. The summed E-state index contributed by atoms with van der Waals surface area (Å²) in [5.41, 5.74) is 1.49. The highest BCUT2D eigenvalue weighted by Crippen LogP contribution is 2.22. The summed E-state index contributed by atoms with van der Waals surface area (Å²) >= 11 is 0. The first-order chi connectivity index (χ1) is 8.31. The molecule has 0 fully saturated rings. The van der Waals surface area contributed by atoms with Crippen molar-refractivity contribution in [3.8, 4) is 0 Å². The molecule has 2 heterocycles. The molecule has 88 valence electrons. The topological polar surface area (TPSA) is 58.4 Å². The molecule has 2 aromatic rings. The highest BCUT2D eigenvalue weighted by molar-refractivity contribution is 6.05. The van der Waals surface area contributed by atoms with Crippen LogP contribution in [0.3, 0.4) is 0 Å². The number of aromatic nitrogens is 2. The Hall–Kier alpha value is -1.88. The van der Waals surface area contributed by atoms with Gasteiger partial charge in [0.15, 0.2) is 0 Å². The molecule has 0 unspecified atom stereocenters. The van der Waals surface area contributed by atoms with Crippen molar-refractivity contribution in [2.45, 2.75) is 6.54 Å². The minimum Gasteiger partial charge on any atom is -0.395 e. The molecule has 1 amide bonds. The Bertz CT molecular complexity index is 576. The van der Waals surface area contributed by atoms with Crippen LogP contribution in [0.5, 0.6) is 0 Å². The van der Waals surface area contributed by atoms with E-state index in [0.717, 1.165) is 10.9 Å². The average Bonchev–Trinajstić information content (AvgIpc) is 2.72. The fraction of sp³-hybridized carbons (Fsp3) is 0.333. The number of hydrogen-bond donors (Lipinski definition) is 1. The molecule has 0 radical (unpaired) electrons. The van der Waals surface area contributed by atoms with E-state index in [1.807, 2.05) is 24.3 Å². The quantitative estimate of drug-likeness (QED) is 0.818. The van der Waals surface area contributed by atoms with E-state index in [1.54, 1.807) is 9.58 Å². The zero-order valence-electron chi connectivity index (χ0n) is 9.33. The summed E-state index contributed by atoms with van der Waals surface area (Å²) in [6.07, 6.45) is 0. The van der Waals surface area contributed by atoms with Crippen LogP contribution in [0, 0.1) is 0 Å². The van der Waals surface area contributed by atoms with Crippen LogP contribution in [0.25, 0.3) is 10.9 Å². The first kappa shape index (κ1) is 10.3. The lowest BCUT2D eigenvalue weighted by atomic mass is 10.1. The van der Waals surface area contributed by atoms with E-state index in [1.165, 1.54) is 0 Å². The van der Waals surface area contributed by atoms with Gasteiger partial charge in [0.05, 0.1) is 18.7 Å². The van der Waals surface area contributed by atoms with Gasteiger partial charge < -0.3 is 10.0 Å². The fourth-order valence-corrected chi connectivity index (χ4v) is 2.27. The number of aliphatic hydroxyl groups is 1. The van der Waals surface area contributed by atoms with Crippen molar-refractivity contribution in [2.24, 2.45) is 0 Å². The van der Waals surface area contributed by atoms with Gasteiger partial charge in [0.1, 0.15) is 5.69 Å². The van der Waals surface area contributed by atoms with Crippen molar-refractivity contribution >= 4 is 16.8 Å². The lowest BCUT2D eigenvalue weighted by Crippen LogP contribution is -2.41. The summed E-state index contributed by atoms with van der Waals surface area (Å²) in [5.74, 6) is -0.0426. The van der Waals surface area contributed by atoms with Crippen molar-refractivity contribution in [1.82, 2.24) is 14.7 Å². The molecule has 0 aliphatic carbocycles. The Morgan fingerprint density at radius 3 is 2.94 bits per heavy atom. The van der Waals surface area contributed by atoms with Gasteiger partial charge in [-0.25, -0.2) is 0 Å². The van der Waals surface area contributed by atoms with Crippen LogP contribution in [-0.4, -0.2) is 45.4 Å². The number of carbonyl (C=O) groups is 1. The van der Waals surface area contributed by atoms with Crippen molar-refractivity contribution in [1.29, 1.82) is 0 Å². The molecule has 3 rings (SSSR count). The number of rotatable bonds is 2. The first-order valence-electron chi connectivity index (χ1n) is 5.67. The normalized spacial score (nSPS) is 15.4. The average molecular weight is 231 g/mol. The van der Waals surface area contributed by atoms with Gasteiger partial charge in [0.25, 0.3) is 5.91 Å². The molecule has 1 N–H and O–H groups in total. The molecule has 0 atom stereocenters. The zero-order valence-corrected chi connectivity index (χ0v) is 9.33. The maximum atomic E-state index is 12.2. The zero-order chi connectivity index (χ0) is 11.8. The van der Waals surface area contributed by atoms with Gasteiger partial charge in [-0.2, -0.15) is 5.10 Å². The lowest BCUT2D eigenvalue weighted by Gasteiger charge is -2.26. The van der Waals surface area contributed by atoms with Gasteiger partial charge in [0, 0.05) is 18.5 Å². The summed E-state index contributed by atoms with van der Waals surface area (Å²) in [5, 5.41) is 14.2. The largest absolute Gasteiger partial charge is 0.395 e. The number of nitrogens with zero attached hydrogens (tertiary/aromatic N) is 3. The third-order valence-corrected chi connectivity index (χ3v) is 3.09. The Labute approximate surface area is 98.3 Å². The van der Waals surface area contributed by atoms with Crippen LogP contribution >= 0.6 is 0 Å². The molecule has 1 aliphatic heterocycles. The molecule has 1 aliphatic rings. The Kier molecular flexibility index (Phi) is 2.33. The van der Waals surface area contributed by atoms with Gasteiger partial charge >= 0.3 is 0 Å². The molecule has 0 saturated carbocycles. The van der Waals surface area contributed by atoms with Gasteiger partial charge in [-0.3, -0.25) is 9.48 Å². The van der Waals surface area contributed by atoms with Crippen molar-refractivity contribution in [3.63, 3.8) is 0 Å². The summed E-state index contributed by atoms with van der Waals surface area (Å²) in [6, 6.07) is 7.64. The second-order valence-electron chi connectivity index (χ2n) is 4.10. The van der Waals surface area contributed by atoms with E-state index in [2.05, 4.69) is 5.10 Å². The minimum atomic E-state index is -0.0426. The number of hydrogen-bond acceptors (Lipinski definition) is 3. The van der Waals surface area contributed by atoms with E-state index in [0.29, 0.717) is 25.3 Å². The van der Waals surface area contributed by atoms with E-state index in [9.17, 15) is 4.79 Å². The van der Waals surface area contributed by atoms with Crippen LogP contribution in [0.2, 0.25) is 0 Å². The Balaban J connectivity index is 2.12. The SMILES string of the molecule is O=C1c2c3ccccc3nn2CCN1CCO. The standard InChI is InChI=1S/C12H13N3O2/c16-8-7-14-5-6-15-11(12(14)17)9-3-1-2-4-10(9)13-15/h1-4,16H,5-8H2. The van der Waals surface area contributed by atoms with Crippen LogP contribution in [0.1, 0.15) is 10.5 Å². The number of amides is 1. The molecular formula is C12H13N3O2. The van der Waals surface area contributed by atoms with E-state index < -0.39 is 0 Å². The smallest absolute Gasteiger partial charge is 0.272 e. The summed E-state index contributed by atoms with van der Waals surface area (Å²) in [7, 11) is 0. The first-order valence-corrected chi connectivity index (χ1v) is 5.67. The van der Waals surface area contributed by atoms with Crippen LogP contribution in [-0.2, 0) is 6.54 Å². The number of carbonyl (C=O) groups excluding carboxylic acids is 1. The maximum Gasteiger partial charge on any atom is 0.272 e. The summed E-state index contributed by atoms with van der Waals surface area (Å²) < 4.78 is 1.76. The van der Waals surface area contributed by atoms with Crippen LogP contribution < -0.4 is 0 Å². The molecule has 1 aromatic carbocycles. The molecule has 0 bridgehead atoms. The number of benzene rings is 1. The van der Waals surface area contributed by atoms with Crippen molar-refractivity contribution in [2.75, 3.05) is 19.7 Å². The third kappa shape index (κ3) is 1.51. The number of fused-ring (bicyclic) bond motifs is 3. The van der Waals surface area contributed by atoms with Crippen molar-refractivity contribution < 1.29 is 9.90 Å². The molecule has 17 heavy (non-hydrogen) atoms. The second-order valence-corrected chi connectivity index (χ2v) is 4.10. The molecule has 5 heteroatoms. The third-order valence-electron chi connectivity index (χ3n) is 3.09. The molecule has 1 aromatic heterocycles. The number of β-amino-alcohol motifs (C(OH)–C–C–N with tert-alkyl or cyclic N) is 1. The summed E-state index contributed by atoms with van der Waals surface area (Å²) in [4.78, 5) is 13.9. The van der Waals surface area contributed by atoms with Gasteiger partial charge in [-0.05, 0) is 6.07 Å². The van der Waals surface area contributed by atoms with Crippen molar-refractivity contribution in [3.05, 3.63) is 30.0 Å². The van der Waals surface area contributed by atoms with Gasteiger partial charge in [-0.15, -0.1) is 0 Å². The van der Waals surface area contributed by atoms with E-state index in [-0.39, 0.29) is 12.5 Å². The minimum absolute atomic E-state index is 0.00217.